The second-order valence-corrected chi connectivity index (χ2v) is 4.76. The molecular weight excluding hydrogens is 244 g/mol. The number of nitrogens with zero attached hydrogens (tertiary/aromatic N) is 2. The highest BCUT2D eigenvalue weighted by atomic mass is 16.5. The molecule has 0 aromatic carbocycles. The average molecular weight is 260 g/mol. The monoisotopic (exact) mass is 260 g/mol. The van der Waals surface area contributed by atoms with Gasteiger partial charge in [-0.05, 0) is 24.8 Å². The van der Waals surface area contributed by atoms with Gasteiger partial charge < -0.3 is 15.0 Å². The van der Waals surface area contributed by atoms with Gasteiger partial charge in [0.05, 0.1) is 0 Å². The van der Waals surface area contributed by atoms with Crippen molar-refractivity contribution in [1.29, 1.82) is 0 Å². The number of pyridine rings is 1. The van der Waals surface area contributed by atoms with Crippen LogP contribution < -0.4 is 10.9 Å². The van der Waals surface area contributed by atoms with Gasteiger partial charge in [0.1, 0.15) is 5.65 Å². The molecule has 6 nitrogen and oxygen atoms in total. The maximum Gasteiger partial charge on any atom is 0.249 e. The quantitative estimate of drug-likeness (QED) is 0.865. The van der Waals surface area contributed by atoms with Gasteiger partial charge in [-0.3, -0.25) is 4.79 Å². The SMILES string of the molecule is O=c1ccc2cnc(NCC3CCOCC3)nc2[nH]1. The van der Waals surface area contributed by atoms with Gasteiger partial charge in [0.2, 0.25) is 11.5 Å². The molecule has 1 aliphatic heterocycles. The van der Waals surface area contributed by atoms with E-state index in [0.29, 0.717) is 17.5 Å². The van der Waals surface area contributed by atoms with E-state index >= 15 is 0 Å². The van der Waals surface area contributed by atoms with Crippen LogP contribution in [0.5, 0.6) is 0 Å². The smallest absolute Gasteiger partial charge is 0.249 e. The summed E-state index contributed by atoms with van der Waals surface area (Å²) in [7, 11) is 0. The van der Waals surface area contributed by atoms with Crippen LogP contribution in [-0.2, 0) is 4.74 Å². The van der Waals surface area contributed by atoms with E-state index in [2.05, 4.69) is 20.3 Å². The number of anilines is 1. The van der Waals surface area contributed by atoms with Crippen LogP contribution in [0.2, 0.25) is 0 Å². The van der Waals surface area contributed by atoms with Crippen LogP contribution in [0.1, 0.15) is 12.8 Å². The van der Waals surface area contributed by atoms with Crippen molar-refractivity contribution in [3.63, 3.8) is 0 Å². The van der Waals surface area contributed by atoms with Gasteiger partial charge in [0.15, 0.2) is 0 Å². The molecule has 0 radical (unpaired) electrons. The summed E-state index contributed by atoms with van der Waals surface area (Å²) in [6, 6.07) is 3.19. The van der Waals surface area contributed by atoms with E-state index in [1.165, 1.54) is 6.07 Å². The first-order valence-corrected chi connectivity index (χ1v) is 6.49. The summed E-state index contributed by atoms with van der Waals surface area (Å²) in [5, 5.41) is 4.06. The maximum absolute atomic E-state index is 11.2. The van der Waals surface area contributed by atoms with Gasteiger partial charge in [-0.15, -0.1) is 0 Å². The van der Waals surface area contributed by atoms with E-state index < -0.39 is 0 Å². The van der Waals surface area contributed by atoms with Crippen molar-refractivity contribution in [3.05, 3.63) is 28.7 Å². The van der Waals surface area contributed by atoms with Crippen LogP contribution in [0.15, 0.2) is 23.1 Å². The van der Waals surface area contributed by atoms with Crippen molar-refractivity contribution < 1.29 is 4.74 Å². The van der Waals surface area contributed by atoms with Crippen LogP contribution in [-0.4, -0.2) is 34.7 Å². The molecule has 1 aliphatic rings. The Hall–Kier alpha value is -1.95. The summed E-state index contributed by atoms with van der Waals surface area (Å²) in [5.41, 5.74) is 0.415. The number of nitrogens with one attached hydrogen (secondary N) is 2. The van der Waals surface area contributed by atoms with E-state index in [1.807, 2.05) is 0 Å². The molecule has 3 heterocycles. The number of ether oxygens (including phenoxy) is 1. The Labute approximate surface area is 110 Å². The fourth-order valence-corrected chi connectivity index (χ4v) is 2.21. The first-order chi connectivity index (χ1) is 9.31. The number of aromatic amines is 1. The zero-order valence-electron chi connectivity index (χ0n) is 10.6. The van der Waals surface area contributed by atoms with Crippen LogP contribution in [0, 0.1) is 5.92 Å². The Morgan fingerprint density at radius 1 is 1.37 bits per heavy atom. The Balaban J connectivity index is 1.72. The minimum absolute atomic E-state index is 0.151. The summed E-state index contributed by atoms with van der Waals surface area (Å²) < 4.78 is 5.32. The van der Waals surface area contributed by atoms with Gasteiger partial charge in [0.25, 0.3) is 0 Å². The van der Waals surface area contributed by atoms with Gasteiger partial charge in [0, 0.05) is 37.4 Å². The second-order valence-electron chi connectivity index (χ2n) is 4.76. The van der Waals surface area contributed by atoms with E-state index in [0.717, 1.165) is 38.0 Å². The highest BCUT2D eigenvalue weighted by molar-refractivity contribution is 5.74. The lowest BCUT2D eigenvalue weighted by molar-refractivity contribution is 0.0699. The van der Waals surface area contributed by atoms with Crippen LogP contribution >= 0.6 is 0 Å². The minimum Gasteiger partial charge on any atom is -0.381 e. The zero-order valence-corrected chi connectivity index (χ0v) is 10.6. The molecular formula is C13H16N4O2. The molecule has 6 heteroatoms. The number of fused-ring (bicyclic) bond motifs is 1. The van der Waals surface area contributed by atoms with Gasteiger partial charge in [-0.2, -0.15) is 4.98 Å². The van der Waals surface area contributed by atoms with Gasteiger partial charge >= 0.3 is 0 Å². The third-order valence-corrected chi connectivity index (χ3v) is 3.36. The summed E-state index contributed by atoms with van der Waals surface area (Å²) >= 11 is 0. The molecule has 0 amide bonds. The van der Waals surface area contributed by atoms with Crippen molar-refractivity contribution in [2.45, 2.75) is 12.8 Å². The second kappa shape index (κ2) is 5.36. The molecule has 2 aromatic heterocycles. The molecule has 0 unspecified atom stereocenters. The highest BCUT2D eigenvalue weighted by Crippen LogP contribution is 2.15. The fraction of sp³-hybridized carbons (Fsp3) is 0.462. The lowest BCUT2D eigenvalue weighted by atomic mass is 10.0. The van der Waals surface area contributed by atoms with E-state index in [1.54, 1.807) is 12.3 Å². The fourth-order valence-electron chi connectivity index (χ4n) is 2.21. The highest BCUT2D eigenvalue weighted by Gasteiger charge is 2.13. The average Bonchev–Trinajstić information content (AvgIpc) is 2.46. The number of hydrogen-bond donors (Lipinski definition) is 2. The van der Waals surface area contributed by atoms with Crippen LogP contribution in [0.3, 0.4) is 0 Å². The van der Waals surface area contributed by atoms with Gasteiger partial charge in [-0.1, -0.05) is 0 Å². The van der Waals surface area contributed by atoms with E-state index in [-0.39, 0.29) is 5.56 Å². The molecule has 3 rings (SSSR count). The predicted molar refractivity (Wildman–Crippen MR) is 72.2 cm³/mol. The van der Waals surface area contributed by atoms with E-state index in [9.17, 15) is 4.79 Å². The third-order valence-electron chi connectivity index (χ3n) is 3.36. The Morgan fingerprint density at radius 3 is 3.05 bits per heavy atom. The molecule has 0 spiro atoms. The molecule has 100 valence electrons. The zero-order chi connectivity index (χ0) is 13.1. The summed E-state index contributed by atoms with van der Waals surface area (Å²) in [5.74, 6) is 1.16. The lowest BCUT2D eigenvalue weighted by Crippen LogP contribution is -2.23. The number of H-pyrrole nitrogens is 1. The topological polar surface area (TPSA) is 79.9 Å². The number of aromatic nitrogens is 3. The molecule has 2 aromatic rings. The van der Waals surface area contributed by atoms with Crippen LogP contribution in [0.25, 0.3) is 11.0 Å². The summed E-state index contributed by atoms with van der Waals surface area (Å²) in [6.07, 6.45) is 3.85. The Kier molecular flexibility index (Phi) is 3.41. The molecule has 0 saturated carbocycles. The molecule has 0 atom stereocenters. The molecule has 2 N–H and O–H groups in total. The first kappa shape index (κ1) is 12.1. The Morgan fingerprint density at radius 2 is 2.21 bits per heavy atom. The van der Waals surface area contributed by atoms with Crippen molar-refractivity contribution >= 4 is 17.0 Å². The molecule has 1 fully saturated rings. The van der Waals surface area contributed by atoms with Crippen molar-refractivity contribution in [3.8, 4) is 0 Å². The summed E-state index contributed by atoms with van der Waals surface area (Å²) in [6.45, 7) is 2.50. The molecule has 0 aliphatic carbocycles. The van der Waals surface area contributed by atoms with Crippen molar-refractivity contribution in [2.24, 2.45) is 5.92 Å². The van der Waals surface area contributed by atoms with Crippen molar-refractivity contribution in [2.75, 3.05) is 25.1 Å². The Bertz CT molecular complexity index is 619. The lowest BCUT2D eigenvalue weighted by Gasteiger charge is -2.22. The van der Waals surface area contributed by atoms with Gasteiger partial charge in [-0.25, -0.2) is 4.98 Å². The molecule has 19 heavy (non-hydrogen) atoms. The largest absolute Gasteiger partial charge is 0.381 e. The van der Waals surface area contributed by atoms with Crippen molar-refractivity contribution in [1.82, 2.24) is 15.0 Å². The molecule has 0 bridgehead atoms. The maximum atomic E-state index is 11.2. The number of hydrogen-bond acceptors (Lipinski definition) is 5. The normalized spacial score (nSPS) is 16.6. The molecule has 1 saturated heterocycles. The third kappa shape index (κ3) is 2.90. The number of rotatable bonds is 3. The standard InChI is InChI=1S/C13H16N4O2/c18-11-2-1-10-8-15-13(17-12(10)16-11)14-7-9-3-5-19-6-4-9/h1-2,8-9H,3-7H2,(H2,14,15,16,17,18). The van der Waals surface area contributed by atoms with E-state index in [4.69, 9.17) is 4.74 Å². The van der Waals surface area contributed by atoms with Crippen LogP contribution in [0.4, 0.5) is 5.95 Å². The first-order valence-electron chi connectivity index (χ1n) is 6.49. The summed E-state index contributed by atoms with van der Waals surface area (Å²) in [4.78, 5) is 22.5. The minimum atomic E-state index is -0.151. The predicted octanol–water partition coefficient (Wildman–Crippen LogP) is 1.16.